The topological polar surface area (TPSA) is 75.7 Å². The first-order valence-corrected chi connectivity index (χ1v) is 11.8. The summed E-state index contributed by atoms with van der Waals surface area (Å²) >= 11 is 1.26. The summed E-state index contributed by atoms with van der Waals surface area (Å²) in [7, 11) is 0. The van der Waals surface area contributed by atoms with Crippen molar-refractivity contribution in [3.05, 3.63) is 54.1 Å². The van der Waals surface area contributed by atoms with E-state index >= 15 is 0 Å². The molecule has 0 atom stereocenters. The van der Waals surface area contributed by atoms with Crippen LogP contribution in [0, 0.1) is 5.41 Å². The summed E-state index contributed by atoms with van der Waals surface area (Å²) in [6, 6.07) is 14.8. The average Bonchev–Trinajstić information content (AvgIpc) is 3.31. The Morgan fingerprint density at radius 2 is 1.66 bits per heavy atom. The van der Waals surface area contributed by atoms with Crippen LogP contribution in [0.5, 0.6) is 0 Å². The van der Waals surface area contributed by atoms with Crippen molar-refractivity contribution < 1.29 is 19.1 Å². The number of benzene rings is 2. The van der Waals surface area contributed by atoms with Gasteiger partial charge in [-0.3, -0.25) is 9.59 Å². The van der Waals surface area contributed by atoms with Crippen LogP contribution in [0.3, 0.4) is 0 Å². The molecule has 1 fully saturated rings. The van der Waals surface area contributed by atoms with Crippen LogP contribution in [0.15, 0.2) is 53.4 Å². The molecule has 1 N–H and O–H groups in total. The van der Waals surface area contributed by atoms with Crippen molar-refractivity contribution in [1.82, 2.24) is 0 Å². The molecular formula is C25H30N2O4S. The third-order valence-corrected chi connectivity index (χ3v) is 6.33. The van der Waals surface area contributed by atoms with E-state index in [0.717, 1.165) is 18.8 Å². The number of esters is 1. The summed E-state index contributed by atoms with van der Waals surface area (Å²) in [5.74, 6) is -0.719. The number of amides is 1. The van der Waals surface area contributed by atoms with Gasteiger partial charge in [-0.15, -0.1) is 11.8 Å². The number of carbonyl (C=O) groups excluding carboxylic acids is 3. The van der Waals surface area contributed by atoms with Gasteiger partial charge in [-0.1, -0.05) is 32.9 Å². The van der Waals surface area contributed by atoms with Crippen LogP contribution in [0.25, 0.3) is 0 Å². The zero-order chi connectivity index (χ0) is 23.1. The van der Waals surface area contributed by atoms with E-state index in [0.29, 0.717) is 10.5 Å². The maximum absolute atomic E-state index is 12.5. The zero-order valence-electron chi connectivity index (χ0n) is 18.8. The third kappa shape index (κ3) is 6.60. The molecule has 3 rings (SSSR count). The summed E-state index contributed by atoms with van der Waals surface area (Å²) in [5.41, 5.74) is 1.69. The SMILES string of the molecule is CC(C)(C)C(=O)COC(=O)c1ccccc1SCC(=O)Nc1ccc(N2CCCC2)cc1. The highest BCUT2D eigenvalue weighted by Gasteiger charge is 2.23. The van der Waals surface area contributed by atoms with E-state index in [9.17, 15) is 14.4 Å². The number of anilines is 2. The highest BCUT2D eigenvalue weighted by molar-refractivity contribution is 8.00. The van der Waals surface area contributed by atoms with Gasteiger partial charge in [-0.25, -0.2) is 4.79 Å². The first-order valence-electron chi connectivity index (χ1n) is 10.8. The molecule has 0 bridgehead atoms. The molecule has 2 aromatic carbocycles. The van der Waals surface area contributed by atoms with Gasteiger partial charge < -0.3 is 15.0 Å². The minimum absolute atomic E-state index is 0.147. The number of ketones is 1. The molecule has 7 heteroatoms. The van der Waals surface area contributed by atoms with Crippen LogP contribution in [0.4, 0.5) is 11.4 Å². The molecule has 1 aliphatic rings. The highest BCUT2D eigenvalue weighted by atomic mass is 32.2. The predicted molar refractivity (Wildman–Crippen MR) is 128 cm³/mol. The Morgan fingerprint density at radius 3 is 2.31 bits per heavy atom. The molecule has 0 radical (unpaired) electrons. The predicted octanol–water partition coefficient (Wildman–Crippen LogP) is 4.79. The number of Topliss-reactive ketones (excluding diaryl/α,β-unsaturated/α-hetero) is 1. The molecule has 0 unspecified atom stereocenters. The lowest BCUT2D eigenvalue weighted by atomic mass is 9.91. The van der Waals surface area contributed by atoms with Gasteiger partial charge in [0.05, 0.1) is 11.3 Å². The van der Waals surface area contributed by atoms with Gasteiger partial charge in [0.2, 0.25) is 5.91 Å². The standard InChI is InChI=1S/C25H30N2O4S/c1-25(2,3)22(28)16-31-24(30)20-8-4-5-9-21(20)32-17-23(29)26-18-10-12-19(13-11-18)27-14-6-7-15-27/h4-5,8-13H,6-7,14-17H2,1-3H3,(H,26,29). The van der Waals surface area contributed by atoms with Gasteiger partial charge in [-0.2, -0.15) is 0 Å². The van der Waals surface area contributed by atoms with Crippen LogP contribution in [0.1, 0.15) is 44.0 Å². The summed E-state index contributed by atoms with van der Waals surface area (Å²) in [4.78, 5) is 39.9. The van der Waals surface area contributed by atoms with Crippen molar-refractivity contribution >= 4 is 40.8 Å². The van der Waals surface area contributed by atoms with Gasteiger partial charge in [0.25, 0.3) is 0 Å². The minimum atomic E-state index is -0.570. The number of nitrogens with one attached hydrogen (secondary N) is 1. The lowest BCUT2D eigenvalue weighted by molar-refractivity contribution is -0.129. The molecule has 0 aromatic heterocycles. The van der Waals surface area contributed by atoms with E-state index in [1.807, 2.05) is 24.3 Å². The molecule has 0 aliphatic carbocycles. The molecule has 1 saturated heterocycles. The van der Waals surface area contributed by atoms with Crippen molar-refractivity contribution in [3.63, 3.8) is 0 Å². The number of hydrogen-bond donors (Lipinski definition) is 1. The number of thioether (sulfide) groups is 1. The fourth-order valence-electron chi connectivity index (χ4n) is 3.26. The van der Waals surface area contributed by atoms with Crippen LogP contribution in [-0.4, -0.2) is 43.1 Å². The molecule has 6 nitrogen and oxygen atoms in total. The van der Waals surface area contributed by atoms with Crippen LogP contribution in [-0.2, 0) is 14.3 Å². The van der Waals surface area contributed by atoms with E-state index < -0.39 is 11.4 Å². The highest BCUT2D eigenvalue weighted by Crippen LogP contribution is 2.25. The maximum atomic E-state index is 12.5. The van der Waals surface area contributed by atoms with Crippen molar-refractivity contribution in [2.75, 3.05) is 35.7 Å². The number of ether oxygens (including phenoxy) is 1. The Labute approximate surface area is 193 Å². The summed E-state index contributed by atoms with van der Waals surface area (Å²) in [5, 5.41) is 2.90. The van der Waals surface area contributed by atoms with E-state index in [1.165, 1.54) is 30.3 Å². The maximum Gasteiger partial charge on any atom is 0.339 e. The van der Waals surface area contributed by atoms with Gasteiger partial charge in [0, 0.05) is 34.8 Å². The summed E-state index contributed by atoms with van der Waals surface area (Å²) in [6.07, 6.45) is 2.44. The summed E-state index contributed by atoms with van der Waals surface area (Å²) < 4.78 is 5.21. The molecule has 170 valence electrons. The average molecular weight is 455 g/mol. The Bertz CT molecular complexity index is 961. The summed E-state index contributed by atoms with van der Waals surface area (Å²) in [6.45, 7) is 7.24. The lowest BCUT2D eigenvalue weighted by Gasteiger charge is -2.17. The van der Waals surface area contributed by atoms with Crippen molar-refractivity contribution in [2.45, 2.75) is 38.5 Å². The smallest absolute Gasteiger partial charge is 0.339 e. The van der Waals surface area contributed by atoms with E-state index in [-0.39, 0.29) is 24.1 Å². The van der Waals surface area contributed by atoms with Crippen molar-refractivity contribution in [2.24, 2.45) is 5.41 Å². The second-order valence-electron chi connectivity index (χ2n) is 8.82. The largest absolute Gasteiger partial charge is 0.454 e. The Hall–Kier alpha value is -2.80. The van der Waals surface area contributed by atoms with Crippen molar-refractivity contribution in [1.29, 1.82) is 0 Å². The Kier molecular flexibility index (Phi) is 7.96. The fraction of sp³-hybridized carbons (Fsp3) is 0.400. The van der Waals surface area contributed by atoms with Crippen molar-refractivity contribution in [3.8, 4) is 0 Å². The van der Waals surface area contributed by atoms with Gasteiger partial charge in [0.15, 0.2) is 12.4 Å². The van der Waals surface area contributed by atoms with E-state index in [4.69, 9.17) is 4.74 Å². The van der Waals surface area contributed by atoms with Crippen LogP contribution in [0.2, 0.25) is 0 Å². The second kappa shape index (κ2) is 10.7. The number of carbonyl (C=O) groups is 3. The normalized spacial score (nSPS) is 13.7. The zero-order valence-corrected chi connectivity index (χ0v) is 19.7. The molecule has 1 amide bonds. The second-order valence-corrected chi connectivity index (χ2v) is 9.84. The molecule has 0 spiro atoms. The molecule has 2 aromatic rings. The molecule has 0 saturated carbocycles. The van der Waals surface area contributed by atoms with Gasteiger partial charge in [0.1, 0.15) is 0 Å². The third-order valence-electron chi connectivity index (χ3n) is 5.26. The quantitative estimate of drug-likeness (QED) is 0.457. The van der Waals surface area contributed by atoms with E-state index in [2.05, 4.69) is 10.2 Å². The minimum Gasteiger partial charge on any atom is -0.454 e. The number of hydrogen-bond acceptors (Lipinski definition) is 6. The molecule has 1 aliphatic heterocycles. The Morgan fingerprint density at radius 1 is 1.00 bits per heavy atom. The van der Waals surface area contributed by atoms with E-state index in [1.54, 1.807) is 45.0 Å². The fourth-order valence-corrected chi connectivity index (χ4v) is 4.10. The molecule has 1 heterocycles. The monoisotopic (exact) mass is 454 g/mol. The first kappa shape index (κ1) is 23.9. The number of rotatable bonds is 8. The first-order chi connectivity index (χ1) is 15.2. The van der Waals surface area contributed by atoms with Crippen LogP contribution >= 0.6 is 11.8 Å². The molecular weight excluding hydrogens is 424 g/mol. The van der Waals surface area contributed by atoms with Crippen LogP contribution < -0.4 is 10.2 Å². The molecule has 32 heavy (non-hydrogen) atoms. The van der Waals surface area contributed by atoms with Gasteiger partial charge in [-0.05, 0) is 49.2 Å². The number of nitrogens with zero attached hydrogens (tertiary/aromatic N) is 1. The van der Waals surface area contributed by atoms with Gasteiger partial charge >= 0.3 is 5.97 Å². The lowest BCUT2D eigenvalue weighted by Crippen LogP contribution is -2.26. The Balaban J connectivity index is 1.53.